The summed E-state index contributed by atoms with van der Waals surface area (Å²) in [5.41, 5.74) is 2.91. The van der Waals surface area contributed by atoms with Gasteiger partial charge in [0, 0.05) is 40.9 Å². The second-order valence-electron chi connectivity index (χ2n) is 6.31. The Labute approximate surface area is 162 Å². The predicted octanol–water partition coefficient (Wildman–Crippen LogP) is 3.80. The number of rotatable bonds is 5. The zero-order valence-corrected chi connectivity index (χ0v) is 15.7. The van der Waals surface area contributed by atoms with Crippen molar-refractivity contribution in [1.82, 2.24) is 4.98 Å². The lowest BCUT2D eigenvalue weighted by molar-refractivity contribution is -0.113. The van der Waals surface area contributed by atoms with E-state index in [4.69, 9.17) is 4.74 Å². The summed E-state index contributed by atoms with van der Waals surface area (Å²) >= 11 is 1.51. The van der Waals surface area contributed by atoms with Crippen LogP contribution in [0.15, 0.2) is 65.7 Å². The summed E-state index contributed by atoms with van der Waals surface area (Å²) in [6.45, 7) is 3.33. The first-order chi connectivity index (χ1) is 13.3. The molecule has 1 aliphatic rings. The second kappa shape index (κ2) is 8.41. The van der Waals surface area contributed by atoms with Gasteiger partial charge >= 0.3 is 0 Å². The molecule has 27 heavy (non-hydrogen) atoms. The Morgan fingerprint density at radius 2 is 1.85 bits per heavy atom. The van der Waals surface area contributed by atoms with Gasteiger partial charge in [-0.25, -0.2) is 0 Å². The van der Waals surface area contributed by atoms with Crippen LogP contribution in [0.3, 0.4) is 0 Å². The van der Waals surface area contributed by atoms with Gasteiger partial charge < -0.3 is 15.0 Å². The molecule has 0 aliphatic carbocycles. The van der Waals surface area contributed by atoms with E-state index in [0.29, 0.717) is 5.75 Å². The van der Waals surface area contributed by atoms with Crippen molar-refractivity contribution in [2.45, 2.75) is 4.90 Å². The fourth-order valence-corrected chi connectivity index (χ4v) is 3.95. The van der Waals surface area contributed by atoms with Gasteiger partial charge in [0.25, 0.3) is 0 Å². The quantitative estimate of drug-likeness (QED) is 0.684. The van der Waals surface area contributed by atoms with E-state index in [-0.39, 0.29) is 5.91 Å². The van der Waals surface area contributed by atoms with Crippen molar-refractivity contribution in [1.29, 1.82) is 0 Å². The minimum absolute atomic E-state index is 0.0212. The summed E-state index contributed by atoms with van der Waals surface area (Å²) in [6.07, 6.45) is 1.78. The fraction of sp³-hybridized carbons (Fsp3) is 0.238. The molecular weight excluding hydrogens is 358 g/mol. The summed E-state index contributed by atoms with van der Waals surface area (Å²) in [6, 6.07) is 18.0. The third-order valence-electron chi connectivity index (χ3n) is 4.48. The summed E-state index contributed by atoms with van der Waals surface area (Å²) in [7, 11) is 0. The number of thioether (sulfide) groups is 1. The van der Waals surface area contributed by atoms with Crippen LogP contribution in [0.1, 0.15) is 0 Å². The van der Waals surface area contributed by atoms with Crippen LogP contribution >= 0.6 is 11.8 Å². The number of hydrogen-bond acceptors (Lipinski definition) is 5. The Balaban J connectivity index is 1.35. The maximum absolute atomic E-state index is 12.3. The van der Waals surface area contributed by atoms with Gasteiger partial charge in [0.15, 0.2) is 0 Å². The normalized spacial score (nSPS) is 14.3. The summed E-state index contributed by atoms with van der Waals surface area (Å²) in [4.78, 5) is 20.1. The van der Waals surface area contributed by atoms with Crippen molar-refractivity contribution in [2.24, 2.45) is 0 Å². The first kappa shape index (κ1) is 17.8. The van der Waals surface area contributed by atoms with Crippen LogP contribution in [0.25, 0.3) is 10.9 Å². The fourth-order valence-electron chi connectivity index (χ4n) is 3.11. The molecule has 2 heterocycles. The van der Waals surface area contributed by atoms with Crippen LogP contribution in [0.2, 0.25) is 0 Å². The van der Waals surface area contributed by atoms with Crippen LogP contribution in [-0.4, -0.2) is 42.9 Å². The molecule has 2 aromatic carbocycles. The van der Waals surface area contributed by atoms with Gasteiger partial charge in [-0.05, 0) is 36.4 Å². The molecule has 0 spiro atoms. The van der Waals surface area contributed by atoms with E-state index in [1.807, 2.05) is 54.6 Å². The van der Waals surface area contributed by atoms with E-state index in [1.165, 1.54) is 11.8 Å². The van der Waals surface area contributed by atoms with Gasteiger partial charge in [0.05, 0.1) is 24.5 Å². The van der Waals surface area contributed by atoms with Crippen LogP contribution in [0, 0.1) is 0 Å². The zero-order chi connectivity index (χ0) is 18.5. The molecule has 1 aromatic heterocycles. The van der Waals surface area contributed by atoms with E-state index < -0.39 is 0 Å². The molecule has 1 fully saturated rings. The van der Waals surface area contributed by atoms with Gasteiger partial charge in [-0.15, -0.1) is 11.8 Å². The van der Waals surface area contributed by atoms with Crippen LogP contribution in [0.4, 0.5) is 11.4 Å². The third-order valence-corrected chi connectivity index (χ3v) is 5.53. The third kappa shape index (κ3) is 4.40. The Bertz CT molecular complexity index is 919. The first-order valence-electron chi connectivity index (χ1n) is 8.99. The van der Waals surface area contributed by atoms with E-state index in [1.54, 1.807) is 6.20 Å². The monoisotopic (exact) mass is 379 g/mol. The molecule has 0 bridgehead atoms. The molecule has 4 rings (SSSR count). The van der Waals surface area contributed by atoms with Gasteiger partial charge in [0.2, 0.25) is 5.91 Å². The lowest BCUT2D eigenvalue weighted by Crippen LogP contribution is -2.36. The number of carbonyl (C=O) groups excluding carboxylic acids is 1. The number of benzene rings is 2. The number of pyridine rings is 1. The first-order valence-corrected chi connectivity index (χ1v) is 9.97. The van der Waals surface area contributed by atoms with Crippen LogP contribution in [-0.2, 0) is 9.53 Å². The Morgan fingerprint density at radius 1 is 1.07 bits per heavy atom. The lowest BCUT2D eigenvalue weighted by atomic mass is 10.2. The molecule has 1 amide bonds. The molecule has 3 aromatic rings. The molecule has 138 valence electrons. The van der Waals surface area contributed by atoms with Crippen LogP contribution < -0.4 is 10.2 Å². The Morgan fingerprint density at radius 3 is 2.67 bits per heavy atom. The van der Waals surface area contributed by atoms with E-state index in [9.17, 15) is 4.79 Å². The minimum atomic E-state index is -0.0212. The standard InChI is InChI=1S/C21H21N3O2S/c25-20(15-27-19-5-1-3-16-4-2-10-22-21(16)19)23-17-6-8-18(9-7-17)24-11-13-26-14-12-24/h1-10H,11-15H2,(H,23,25). The maximum Gasteiger partial charge on any atom is 0.234 e. The number of hydrogen-bond donors (Lipinski definition) is 1. The topological polar surface area (TPSA) is 54.5 Å². The number of aromatic nitrogens is 1. The van der Waals surface area contributed by atoms with Gasteiger partial charge in [-0.3, -0.25) is 9.78 Å². The molecule has 1 saturated heterocycles. The van der Waals surface area contributed by atoms with Gasteiger partial charge in [-0.2, -0.15) is 0 Å². The predicted molar refractivity (Wildman–Crippen MR) is 111 cm³/mol. The van der Waals surface area contributed by atoms with Crippen molar-refractivity contribution in [2.75, 3.05) is 42.3 Å². The van der Waals surface area contributed by atoms with Crippen molar-refractivity contribution >= 4 is 39.9 Å². The summed E-state index contributed by atoms with van der Waals surface area (Å²) < 4.78 is 5.38. The number of morpholine rings is 1. The highest BCUT2D eigenvalue weighted by Gasteiger charge is 2.11. The van der Waals surface area contributed by atoms with Gasteiger partial charge in [-0.1, -0.05) is 18.2 Å². The molecule has 5 nitrogen and oxygen atoms in total. The number of anilines is 2. The van der Waals surface area contributed by atoms with Crippen molar-refractivity contribution in [3.8, 4) is 0 Å². The van der Waals surface area contributed by atoms with Crippen LogP contribution in [0.5, 0.6) is 0 Å². The molecule has 0 atom stereocenters. The average molecular weight is 379 g/mol. The number of ether oxygens (including phenoxy) is 1. The summed E-state index contributed by atoms with van der Waals surface area (Å²) in [5.74, 6) is 0.327. The summed E-state index contributed by atoms with van der Waals surface area (Å²) in [5, 5.41) is 4.05. The number of para-hydroxylation sites is 1. The van der Waals surface area contributed by atoms with E-state index in [0.717, 1.165) is 53.5 Å². The number of fused-ring (bicyclic) bond motifs is 1. The highest BCUT2D eigenvalue weighted by molar-refractivity contribution is 8.00. The number of nitrogens with zero attached hydrogens (tertiary/aromatic N) is 2. The smallest absolute Gasteiger partial charge is 0.234 e. The second-order valence-corrected chi connectivity index (χ2v) is 7.33. The highest BCUT2D eigenvalue weighted by atomic mass is 32.2. The average Bonchev–Trinajstić information content (AvgIpc) is 2.73. The molecule has 1 N–H and O–H groups in total. The number of amides is 1. The number of nitrogens with one attached hydrogen (secondary N) is 1. The number of carbonyl (C=O) groups is 1. The minimum Gasteiger partial charge on any atom is -0.378 e. The zero-order valence-electron chi connectivity index (χ0n) is 14.9. The largest absolute Gasteiger partial charge is 0.378 e. The highest BCUT2D eigenvalue weighted by Crippen LogP contribution is 2.26. The molecule has 0 unspecified atom stereocenters. The lowest BCUT2D eigenvalue weighted by Gasteiger charge is -2.28. The van der Waals surface area contributed by atoms with Gasteiger partial charge in [0.1, 0.15) is 0 Å². The van der Waals surface area contributed by atoms with Crippen molar-refractivity contribution < 1.29 is 9.53 Å². The van der Waals surface area contributed by atoms with Crippen molar-refractivity contribution in [3.05, 3.63) is 60.8 Å². The SMILES string of the molecule is O=C(CSc1cccc2cccnc12)Nc1ccc(N2CCOCC2)cc1. The molecule has 0 radical (unpaired) electrons. The maximum atomic E-state index is 12.3. The molecule has 0 saturated carbocycles. The van der Waals surface area contributed by atoms with E-state index in [2.05, 4.69) is 15.2 Å². The van der Waals surface area contributed by atoms with E-state index >= 15 is 0 Å². The van der Waals surface area contributed by atoms with Crippen molar-refractivity contribution in [3.63, 3.8) is 0 Å². The Kier molecular flexibility index (Phi) is 5.55. The molecule has 6 heteroatoms. The Hall–Kier alpha value is -2.57. The molecule has 1 aliphatic heterocycles. The molecular formula is C21H21N3O2S.